The number of aliphatic hydroxyl groups excluding tert-OH is 1. The van der Waals surface area contributed by atoms with E-state index >= 15 is 0 Å². The number of likely N-dealkylation sites (tertiary alicyclic amines) is 1. The maximum atomic E-state index is 13.9. The second kappa shape index (κ2) is 23.0. The second-order valence-electron chi connectivity index (χ2n) is 18.2. The summed E-state index contributed by atoms with van der Waals surface area (Å²) in [5.74, 6) is -0.770. The predicted molar refractivity (Wildman–Crippen MR) is 263 cm³/mol. The molecule has 0 unspecified atom stereocenters. The molecule has 360 valence electrons. The fourth-order valence-corrected chi connectivity index (χ4v) is 9.37. The van der Waals surface area contributed by atoms with Crippen LogP contribution in [-0.4, -0.2) is 94.5 Å². The number of piperidine rings is 1. The second-order valence-corrected chi connectivity index (χ2v) is 18.2. The summed E-state index contributed by atoms with van der Waals surface area (Å²) in [6, 6.07) is 39.1. The van der Waals surface area contributed by atoms with Crippen LogP contribution in [-0.2, 0) is 32.9 Å². The molecular weight excluding hydrogens is 875 g/mol. The topological polar surface area (TPSA) is 203 Å². The summed E-state index contributed by atoms with van der Waals surface area (Å²) in [5.41, 5.74) is 1.95. The summed E-state index contributed by atoms with van der Waals surface area (Å²) in [5, 5.41) is 43.2. The van der Waals surface area contributed by atoms with Gasteiger partial charge in [-0.25, -0.2) is 4.79 Å². The number of nitrogens with zero attached hydrogens (tertiary/aromatic N) is 1. The van der Waals surface area contributed by atoms with Crippen LogP contribution in [0.1, 0.15) is 82.8 Å². The number of phenols is 1. The molecule has 7 N–H and O–H groups in total. The summed E-state index contributed by atoms with van der Waals surface area (Å²) < 4.78 is 11.8. The number of phenolic OH excluding ortho intramolecular Hbond substituents is 1. The van der Waals surface area contributed by atoms with Crippen LogP contribution in [0.5, 0.6) is 11.5 Å². The van der Waals surface area contributed by atoms with Gasteiger partial charge in [-0.05, 0) is 129 Å². The lowest BCUT2D eigenvalue weighted by atomic mass is 9.86. The van der Waals surface area contributed by atoms with E-state index in [-0.39, 0.29) is 72.0 Å². The van der Waals surface area contributed by atoms with Crippen LogP contribution in [0.3, 0.4) is 0 Å². The zero-order valence-corrected chi connectivity index (χ0v) is 38.6. The van der Waals surface area contributed by atoms with E-state index in [2.05, 4.69) is 38.0 Å². The number of ether oxygens (including phenoxy) is 2. The first-order valence-corrected chi connectivity index (χ1v) is 23.9. The number of carbonyl (C=O) groups excluding carboxylic acids is 3. The summed E-state index contributed by atoms with van der Waals surface area (Å²) in [6.07, 6.45) is 4.38. The fourth-order valence-electron chi connectivity index (χ4n) is 9.37. The molecule has 1 saturated carbocycles. The molecular formula is C55H61N5O9. The quantitative estimate of drug-likeness (QED) is 0.0370. The van der Waals surface area contributed by atoms with Crippen molar-refractivity contribution in [3.8, 4) is 11.5 Å². The van der Waals surface area contributed by atoms with Crippen molar-refractivity contribution in [2.24, 2.45) is 5.92 Å². The number of carbonyl (C=O) groups is 3. The first-order chi connectivity index (χ1) is 33.5. The zero-order chi connectivity index (χ0) is 48.2. The van der Waals surface area contributed by atoms with Crippen molar-refractivity contribution < 1.29 is 39.2 Å². The van der Waals surface area contributed by atoms with E-state index in [9.17, 15) is 34.5 Å². The van der Waals surface area contributed by atoms with Crippen molar-refractivity contribution in [2.75, 3.05) is 39.4 Å². The Bertz CT molecular complexity index is 2720. The minimum absolute atomic E-state index is 0.0288. The first-order valence-electron chi connectivity index (χ1n) is 23.9. The third-order valence-electron chi connectivity index (χ3n) is 13.4. The minimum Gasteiger partial charge on any atom is -0.506 e. The number of H-pyrrole nitrogens is 1. The number of aromatic hydroxyl groups is 1. The van der Waals surface area contributed by atoms with E-state index in [1.54, 1.807) is 72.8 Å². The number of esters is 1. The standard InChI is InChI=1S/C55H61N5O9/c61-48-24-22-46(47-23-25-50(63)59-52(47)48)49(62)33-56-29-26-37-14-16-40(17-15-37)53(65)58-44-20-18-43(19-21-44)57-51(64)36-68-45-13-7-12-42(32-45)55(67,41-10-5-2-6-11-41)54(66)69-35-39-27-30-60(31-28-39)34-38-8-3-1-4-9-38/h1-17,22-25,32,39,43-44,49,56,61-62,67H,18-21,26-31,33-36H2,(H,57,64)(H,58,65)(H,59,63)/t43?,44?,49-,55-/m0/s1. The molecule has 1 aromatic heterocycles. The largest absolute Gasteiger partial charge is 0.506 e. The number of rotatable bonds is 19. The van der Waals surface area contributed by atoms with Crippen molar-refractivity contribution >= 4 is 28.7 Å². The highest BCUT2D eigenvalue weighted by Crippen LogP contribution is 2.34. The Morgan fingerprint density at radius 3 is 2.16 bits per heavy atom. The Labute approximate surface area is 401 Å². The predicted octanol–water partition coefficient (Wildman–Crippen LogP) is 6.03. The van der Waals surface area contributed by atoms with Crippen LogP contribution < -0.4 is 26.2 Å². The van der Waals surface area contributed by atoms with Gasteiger partial charge in [-0.3, -0.25) is 19.3 Å². The Hall–Kier alpha value is -6.84. The number of aromatic amines is 1. The van der Waals surface area contributed by atoms with Gasteiger partial charge in [-0.15, -0.1) is 0 Å². The lowest BCUT2D eigenvalue weighted by molar-refractivity contribution is -0.164. The fraction of sp³-hybridized carbons (Fsp3) is 0.345. The van der Waals surface area contributed by atoms with Gasteiger partial charge >= 0.3 is 5.97 Å². The molecule has 1 aliphatic heterocycles. The average Bonchev–Trinajstić information content (AvgIpc) is 3.38. The Kier molecular flexibility index (Phi) is 16.2. The van der Waals surface area contributed by atoms with Gasteiger partial charge in [0.25, 0.3) is 11.8 Å². The van der Waals surface area contributed by atoms with Crippen LogP contribution in [0.4, 0.5) is 0 Å². The van der Waals surface area contributed by atoms with Gasteiger partial charge < -0.3 is 45.7 Å². The number of hydrogen-bond donors (Lipinski definition) is 7. The Balaban J connectivity index is 0.750. The number of fused-ring (bicyclic) bond motifs is 1. The van der Waals surface area contributed by atoms with Crippen LogP contribution in [0.25, 0.3) is 10.9 Å². The highest BCUT2D eigenvalue weighted by molar-refractivity contribution is 5.94. The highest BCUT2D eigenvalue weighted by Gasteiger charge is 2.42. The molecule has 69 heavy (non-hydrogen) atoms. The number of aromatic nitrogens is 1. The monoisotopic (exact) mass is 935 g/mol. The SMILES string of the molecule is O=C(COc1cccc([C@](O)(C(=O)OCC2CCN(Cc3ccccc3)CC2)c2ccccc2)c1)NC1CCC(NC(=O)c2ccc(CCNC[C@H](O)c3ccc(O)c4[nH]c(=O)ccc34)cc2)CC1. The molecule has 2 aliphatic rings. The third-order valence-corrected chi connectivity index (χ3v) is 13.4. The maximum absolute atomic E-state index is 13.9. The molecule has 8 rings (SSSR count). The van der Waals surface area contributed by atoms with E-state index in [0.29, 0.717) is 66.5 Å². The van der Waals surface area contributed by atoms with Gasteiger partial charge in [0, 0.05) is 47.8 Å². The average molecular weight is 936 g/mol. The highest BCUT2D eigenvalue weighted by atomic mass is 16.5. The van der Waals surface area contributed by atoms with Crippen LogP contribution >= 0.6 is 0 Å². The van der Waals surface area contributed by atoms with Crippen molar-refractivity contribution in [1.82, 2.24) is 25.8 Å². The van der Waals surface area contributed by atoms with Crippen molar-refractivity contribution in [1.29, 1.82) is 0 Å². The molecule has 6 aromatic rings. The summed E-state index contributed by atoms with van der Waals surface area (Å²) in [4.78, 5) is 56.9. The van der Waals surface area contributed by atoms with E-state index in [1.807, 2.05) is 36.4 Å². The van der Waals surface area contributed by atoms with E-state index in [1.165, 1.54) is 17.7 Å². The molecule has 14 heteroatoms. The van der Waals surface area contributed by atoms with Gasteiger partial charge in [-0.1, -0.05) is 91.0 Å². The number of hydrogen-bond acceptors (Lipinski definition) is 11. The normalized spacial score (nSPS) is 17.9. The van der Waals surface area contributed by atoms with Gasteiger partial charge in [0.2, 0.25) is 11.2 Å². The van der Waals surface area contributed by atoms with E-state index < -0.39 is 17.7 Å². The van der Waals surface area contributed by atoms with Crippen molar-refractivity contribution in [3.63, 3.8) is 0 Å². The van der Waals surface area contributed by atoms with Crippen LogP contribution in [0, 0.1) is 5.92 Å². The van der Waals surface area contributed by atoms with Gasteiger partial charge in [0.15, 0.2) is 6.61 Å². The summed E-state index contributed by atoms with van der Waals surface area (Å²) in [6.45, 7) is 3.49. The molecule has 0 spiro atoms. The van der Waals surface area contributed by atoms with Gasteiger partial charge in [0.05, 0.1) is 18.2 Å². The lowest BCUT2D eigenvalue weighted by Crippen LogP contribution is -2.44. The number of pyridine rings is 1. The molecule has 2 atom stereocenters. The van der Waals surface area contributed by atoms with Crippen LogP contribution in [0.2, 0.25) is 0 Å². The molecule has 2 heterocycles. The van der Waals surface area contributed by atoms with E-state index in [0.717, 1.165) is 38.0 Å². The minimum atomic E-state index is -2.10. The molecule has 1 aliphatic carbocycles. The smallest absolute Gasteiger partial charge is 0.347 e. The maximum Gasteiger partial charge on any atom is 0.347 e. The molecule has 1 saturated heterocycles. The summed E-state index contributed by atoms with van der Waals surface area (Å²) >= 11 is 0. The van der Waals surface area contributed by atoms with Crippen LogP contribution in [0.15, 0.2) is 138 Å². The van der Waals surface area contributed by atoms with Gasteiger partial charge in [-0.2, -0.15) is 0 Å². The van der Waals surface area contributed by atoms with Crippen molar-refractivity contribution in [2.45, 2.75) is 75.3 Å². The summed E-state index contributed by atoms with van der Waals surface area (Å²) in [7, 11) is 0. The Morgan fingerprint density at radius 1 is 0.754 bits per heavy atom. The molecule has 5 aromatic carbocycles. The number of aliphatic hydroxyl groups is 2. The number of amides is 2. The van der Waals surface area contributed by atoms with Gasteiger partial charge in [0.1, 0.15) is 11.5 Å². The number of nitrogens with one attached hydrogen (secondary N) is 4. The zero-order valence-electron chi connectivity index (χ0n) is 38.6. The number of benzene rings is 5. The third kappa shape index (κ3) is 12.6. The first kappa shape index (κ1) is 48.6. The molecule has 14 nitrogen and oxygen atoms in total. The molecule has 2 fully saturated rings. The molecule has 2 amide bonds. The molecule has 0 radical (unpaired) electrons. The Morgan fingerprint density at radius 2 is 1.43 bits per heavy atom. The molecule has 0 bridgehead atoms. The lowest BCUT2D eigenvalue weighted by Gasteiger charge is -2.33. The van der Waals surface area contributed by atoms with E-state index in [4.69, 9.17) is 9.47 Å². The van der Waals surface area contributed by atoms with Crippen molar-refractivity contribution in [3.05, 3.63) is 177 Å².